The Morgan fingerprint density at radius 1 is 1.17 bits per heavy atom. The van der Waals surface area contributed by atoms with Gasteiger partial charge in [0.2, 0.25) is 5.91 Å². The van der Waals surface area contributed by atoms with Gasteiger partial charge in [-0.2, -0.15) is 0 Å². The zero-order valence-corrected chi connectivity index (χ0v) is 14.6. The standard InChI is InChI=1S/C20H26N2O2/c1-4-16-7-5-6-8-18(16)21-20(24)14-22(3)13-19(23)17-11-9-15(2)10-12-17/h5-12,19,23H,4,13-14H2,1-3H3,(H,21,24). The lowest BCUT2D eigenvalue weighted by atomic mass is 10.1. The number of hydrogen-bond acceptors (Lipinski definition) is 3. The molecule has 0 fully saturated rings. The van der Waals surface area contributed by atoms with Crippen molar-refractivity contribution in [2.75, 3.05) is 25.5 Å². The SMILES string of the molecule is CCc1ccccc1NC(=O)CN(C)CC(O)c1ccc(C)cc1. The van der Waals surface area contributed by atoms with Gasteiger partial charge in [0.25, 0.3) is 0 Å². The molecule has 2 aromatic rings. The van der Waals surface area contributed by atoms with Gasteiger partial charge in [-0.3, -0.25) is 9.69 Å². The van der Waals surface area contributed by atoms with E-state index in [4.69, 9.17) is 0 Å². The highest BCUT2D eigenvalue weighted by molar-refractivity contribution is 5.92. The van der Waals surface area contributed by atoms with E-state index in [1.54, 1.807) is 0 Å². The summed E-state index contributed by atoms with van der Waals surface area (Å²) in [6.07, 6.45) is 0.268. The van der Waals surface area contributed by atoms with Crippen molar-refractivity contribution in [1.29, 1.82) is 0 Å². The van der Waals surface area contributed by atoms with Crippen LogP contribution in [-0.2, 0) is 11.2 Å². The zero-order valence-electron chi connectivity index (χ0n) is 14.6. The number of anilines is 1. The third kappa shape index (κ3) is 5.18. The van der Waals surface area contributed by atoms with Crippen molar-refractivity contribution >= 4 is 11.6 Å². The molecule has 0 aromatic heterocycles. The Bertz CT molecular complexity index is 668. The fraction of sp³-hybridized carbons (Fsp3) is 0.350. The van der Waals surface area contributed by atoms with Crippen molar-refractivity contribution in [3.8, 4) is 0 Å². The van der Waals surface area contributed by atoms with Crippen molar-refractivity contribution in [2.45, 2.75) is 26.4 Å². The van der Waals surface area contributed by atoms with Crippen molar-refractivity contribution < 1.29 is 9.90 Å². The number of nitrogens with zero attached hydrogens (tertiary/aromatic N) is 1. The van der Waals surface area contributed by atoms with E-state index < -0.39 is 6.10 Å². The summed E-state index contributed by atoms with van der Waals surface area (Å²) < 4.78 is 0. The highest BCUT2D eigenvalue weighted by atomic mass is 16.3. The predicted molar refractivity (Wildman–Crippen MR) is 98.1 cm³/mol. The van der Waals surface area contributed by atoms with Gasteiger partial charge >= 0.3 is 0 Å². The van der Waals surface area contributed by atoms with Gasteiger partial charge in [0, 0.05) is 12.2 Å². The van der Waals surface area contributed by atoms with Crippen LogP contribution in [0.5, 0.6) is 0 Å². The first kappa shape index (κ1) is 18.2. The van der Waals surface area contributed by atoms with Gasteiger partial charge in [-0.25, -0.2) is 0 Å². The molecule has 1 amide bonds. The normalized spacial score (nSPS) is 12.2. The molecule has 0 spiro atoms. The third-order valence-electron chi connectivity index (χ3n) is 4.03. The summed E-state index contributed by atoms with van der Waals surface area (Å²) in [7, 11) is 1.84. The maximum absolute atomic E-state index is 12.2. The average molecular weight is 326 g/mol. The molecule has 4 nitrogen and oxygen atoms in total. The second-order valence-electron chi connectivity index (χ2n) is 6.18. The van der Waals surface area contributed by atoms with Crippen LogP contribution in [-0.4, -0.2) is 36.1 Å². The van der Waals surface area contributed by atoms with Gasteiger partial charge in [0.05, 0.1) is 12.6 Å². The number of aliphatic hydroxyl groups excluding tert-OH is 1. The quantitative estimate of drug-likeness (QED) is 0.822. The largest absolute Gasteiger partial charge is 0.387 e. The molecule has 128 valence electrons. The molecule has 0 aliphatic carbocycles. The number of aryl methyl sites for hydroxylation is 2. The number of likely N-dealkylation sites (N-methyl/N-ethyl adjacent to an activating group) is 1. The van der Waals surface area contributed by atoms with Gasteiger partial charge < -0.3 is 10.4 Å². The number of nitrogens with one attached hydrogen (secondary N) is 1. The minimum absolute atomic E-state index is 0.0745. The molecule has 0 heterocycles. The van der Waals surface area contributed by atoms with E-state index in [0.29, 0.717) is 6.54 Å². The number of para-hydroxylation sites is 1. The third-order valence-corrected chi connectivity index (χ3v) is 4.03. The summed E-state index contributed by atoms with van der Waals surface area (Å²) in [5, 5.41) is 13.2. The molecule has 1 atom stereocenters. The van der Waals surface area contributed by atoms with Gasteiger partial charge in [-0.05, 0) is 37.6 Å². The molecule has 0 bridgehead atoms. The van der Waals surface area contributed by atoms with Gasteiger partial charge in [0.15, 0.2) is 0 Å². The first-order valence-electron chi connectivity index (χ1n) is 8.30. The molecule has 0 saturated carbocycles. The van der Waals surface area contributed by atoms with E-state index in [2.05, 4.69) is 12.2 Å². The number of amides is 1. The second-order valence-corrected chi connectivity index (χ2v) is 6.18. The second kappa shape index (κ2) is 8.62. The van der Waals surface area contributed by atoms with Crippen LogP contribution in [0.4, 0.5) is 5.69 Å². The maximum Gasteiger partial charge on any atom is 0.238 e. The summed E-state index contributed by atoms with van der Waals surface area (Å²) in [6, 6.07) is 15.6. The lowest BCUT2D eigenvalue weighted by Gasteiger charge is -2.21. The van der Waals surface area contributed by atoms with Gasteiger partial charge in [-0.1, -0.05) is 55.0 Å². The summed E-state index contributed by atoms with van der Waals surface area (Å²) in [5.74, 6) is -0.0745. The summed E-state index contributed by atoms with van der Waals surface area (Å²) in [4.78, 5) is 14.0. The molecule has 2 rings (SSSR count). The molecular weight excluding hydrogens is 300 g/mol. The van der Waals surface area contributed by atoms with Crippen LogP contribution in [0.2, 0.25) is 0 Å². The highest BCUT2D eigenvalue weighted by Gasteiger charge is 2.14. The first-order valence-corrected chi connectivity index (χ1v) is 8.30. The number of aliphatic hydroxyl groups is 1. The van der Waals surface area contributed by atoms with E-state index in [9.17, 15) is 9.90 Å². The minimum Gasteiger partial charge on any atom is -0.387 e. The van der Waals surface area contributed by atoms with E-state index in [1.807, 2.05) is 67.4 Å². The van der Waals surface area contributed by atoms with Crippen molar-refractivity contribution in [3.05, 3.63) is 65.2 Å². The maximum atomic E-state index is 12.2. The van der Waals surface area contributed by atoms with E-state index in [1.165, 1.54) is 0 Å². The predicted octanol–water partition coefficient (Wildman–Crippen LogP) is 3.16. The highest BCUT2D eigenvalue weighted by Crippen LogP contribution is 2.16. The first-order chi connectivity index (χ1) is 11.5. The van der Waals surface area contributed by atoms with E-state index in [-0.39, 0.29) is 12.5 Å². The Labute approximate surface area is 144 Å². The smallest absolute Gasteiger partial charge is 0.238 e. The number of carbonyl (C=O) groups excluding carboxylic acids is 1. The summed E-state index contributed by atoms with van der Waals surface area (Å²) in [5.41, 5.74) is 4.00. The van der Waals surface area contributed by atoms with Crippen LogP contribution in [0.25, 0.3) is 0 Å². The van der Waals surface area contributed by atoms with E-state index in [0.717, 1.165) is 28.8 Å². The Kier molecular flexibility index (Phi) is 6.53. The molecule has 24 heavy (non-hydrogen) atoms. The lowest BCUT2D eigenvalue weighted by molar-refractivity contribution is -0.117. The fourth-order valence-electron chi connectivity index (χ4n) is 2.64. The van der Waals surface area contributed by atoms with Gasteiger partial charge in [-0.15, -0.1) is 0 Å². The van der Waals surface area contributed by atoms with Crippen LogP contribution >= 0.6 is 0 Å². The molecule has 0 saturated heterocycles. The molecule has 2 N–H and O–H groups in total. The van der Waals surface area contributed by atoms with Crippen molar-refractivity contribution in [1.82, 2.24) is 4.90 Å². The van der Waals surface area contributed by atoms with Gasteiger partial charge in [0.1, 0.15) is 0 Å². The van der Waals surface area contributed by atoms with Crippen LogP contribution in [0.3, 0.4) is 0 Å². The number of benzene rings is 2. The number of hydrogen-bond donors (Lipinski definition) is 2. The van der Waals surface area contributed by atoms with Crippen LogP contribution < -0.4 is 5.32 Å². The minimum atomic E-state index is -0.605. The summed E-state index contributed by atoms with van der Waals surface area (Å²) >= 11 is 0. The Morgan fingerprint density at radius 3 is 2.50 bits per heavy atom. The lowest BCUT2D eigenvalue weighted by Crippen LogP contribution is -2.33. The average Bonchev–Trinajstić information content (AvgIpc) is 2.55. The van der Waals surface area contributed by atoms with Crippen LogP contribution in [0.1, 0.15) is 29.7 Å². The molecule has 1 unspecified atom stereocenters. The fourth-order valence-corrected chi connectivity index (χ4v) is 2.64. The Balaban J connectivity index is 1.88. The molecule has 4 heteroatoms. The zero-order chi connectivity index (χ0) is 17.5. The number of carbonyl (C=O) groups is 1. The molecule has 0 aliphatic rings. The van der Waals surface area contributed by atoms with Crippen molar-refractivity contribution in [3.63, 3.8) is 0 Å². The van der Waals surface area contributed by atoms with Crippen molar-refractivity contribution in [2.24, 2.45) is 0 Å². The summed E-state index contributed by atoms with van der Waals surface area (Å²) in [6.45, 7) is 4.72. The Hall–Kier alpha value is -2.17. The Morgan fingerprint density at radius 2 is 1.83 bits per heavy atom. The van der Waals surface area contributed by atoms with E-state index >= 15 is 0 Å². The molecule has 0 aliphatic heterocycles. The topological polar surface area (TPSA) is 52.6 Å². The van der Waals surface area contributed by atoms with Crippen LogP contribution in [0, 0.1) is 6.92 Å². The number of rotatable bonds is 7. The van der Waals surface area contributed by atoms with Crippen LogP contribution in [0.15, 0.2) is 48.5 Å². The monoisotopic (exact) mass is 326 g/mol. The molecule has 2 aromatic carbocycles. The molecule has 0 radical (unpaired) electrons. The molecular formula is C20H26N2O2.